The number of nitrogens with zero attached hydrogens (tertiary/aromatic N) is 2. The SMILES string of the molecule is Cc1nc(CSC(C(=O)O)C(C)C)no1. The molecule has 84 valence electrons. The Morgan fingerprint density at radius 1 is 1.60 bits per heavy atom. The van der Waals surface area contributed by atoms with Gasteiger partial charge in [0.05, 0.1) is 5.75 Å². The van der Waals surface area contributed by atoms with Crippen LogP contribution >= 0.6 is 11.8 Å². The lowest BCUT2D eigenvalue weighted by Crippen LogP contribution is -2.22. The minimum absolute atomic E-state index is 0.0838. The summed E-state index contributed by atoms with van der Waals surface area (Å²) in [6.07, 6.45) is 0. The topological polar surface area (TPSA) is 76.2 Å². The van der Waals surface area contributed by atoms with Crippen LogP contribution in [-0.4, -0.2) is 26.5 Å². The zero-order valence-electron chi connectivity index (χ0n) is 8.93. The van der Waals surface area contributed by atoms with Gasteiger partial charge >= 0.3 is 5.97 Å². The Bertz CT molecular complexity index is 338. The van der Waals surface area contributed by atoms with Crippen molar-refractivity contribution in [1.29, 1.82) is 0 Å². The molecule has 0 aliphatic rings. The van der Waals surface area contributed by atoms with Crippen LogP contribution in [0.5, 0.6) is 0 Å². The molecule has 0 fully saturated rings. The van der Waals surface area contributed by atoms with E-state index in [9.17, 15) is 4.79 Å². The van der Waals surface area contributed by atoms with Crippen molar-refractivity contribution in [1.82, 2.24) is 10.1 Å². The zero-order valence-corrected chi connectivity index (χ0v) is 9.74. The molecule has 6 heteroatoms. The van der Waals surface area contributed by atoms with Gasteiger partial charge in [0.1, 0.15) is 5.25 Å². The second-order valence-electron chi connectivity index (χ2n) is 3.54. The average molecular weight is 230 g/mol. The molecule has 1 unspecified atom stereocenters. The van der Waals surface area contributed by atoms with Gasteiger partial charge in [-0.3, -0.25) is 4.79 Å². The summed E-state index contributed by atoms with van der Waals surface area (Å²) in [5.41, 5.74) is 0. The minimum atomic E-state index is -0.796. The van der Waals surface area contributed by atoms with Gasteiger partial charge in [-0.1, -0.05) is 19.0 Å². The van der Waals surface area contributed by atoms with Crippen LogP contribution in [0.4, 0.5) is 0 Å². The van der Waals surface area contributed by atoms with E-state index >= 15 is 0 Å². The first-order valence-corrected chi connectivity index (χ1v) is 5.69. The highest BCUT2D eigenvalue weighted by Gasteiger charge is 2.22. The average Bonchev–Trinajstić information content (AvgIpc) is 2.50. The van der Waals surface area contributed by atoms with Crippen LogP contribution in [0.25, 0.3) is 0 Å². The Labute approximate surface area is 92.2 Å². The van der Waals surface area contributed by atoms with Crippen molar-refractivity contribution in [2.45, 2.75) is 31.8 Å². The molecule has 1 N–H and O–H groups in total. The van der Waals surface area contributed by atoms with Crippen LogP contribution in [0, 0.1) is 12.8 Å². The molecular weight excluding hydrogens is 216 g/mol. The predicted molar refractivity (Wildman–Crippen MR) is 56.6 cm³/mol. The van der Waals surface area contributed by atoms with E-state index in [0.29, 0.717) is 17.5 Å². The summed E-state index contributed by atoms with van der Waals surface area (Å²) in [5.74, 6) is 0.800. The Hall–Kier alpha value is -1.04. The van der Waals surface area contributed by atoms with Crippen molar-refractivity contribution in [3.63, 3.8) is 0 Å². The molecule has 0 radical (unpaired) electrons. The third kappa shape index (κ3) is 3.54. The smallest absolute Gasteiger partial charge is 0.316 e. The summed E-state index contributed by atoms with van der Waals surface area (Å²) >= 11 is 1.32. The highest BCUT2D eigenvalue weighted by atomic mass is 32.2. The van der Waals surface area contributed by atoms with Gasteiger partial charge < -0.3 is 9.63 Å². The van der Waals surface area contributed by atoms with E-state index in [4.69, 9.17) is 9.63 Å². The number of aryl methyl sites for hydroxylation is 1. The number of hydrogen-bond acceptors (Lipinski definition) is 5. The molecule has 0 aromatic carbocycles. The van der Waals surface area contributed by atoms with Gasteiger partial charge in [-0.05, 0) is 5.92 Å². The second-order valence-corrected chi connectivity index (χ2v) is 4.67. The maximum atomic E-state index is 10.9. The van der Waals surface area contributed by atoms with Gasteiger partial charge in [0.15, 0.2) is 5.82 Å². The molecule has 0 aliphatic carbocycles. The number of hydrogen-bond donors (Lipinski definition) is 1. The highest BCUT2D eigenvalue weighted by Crippen LogP contribution is 2.22. The van der Waals surface area contributed by atoms with E-state index in [1.807, 2.05) is 13.8 Å². The van der Waals surface area contributed by atoms with Crippen molar-refractivity contribution >= 4 is 17.7 Å². The highest BCUT2D eigenvalue weighted by molar-refractivity contribution is 7.99. The summed E-state index contributed by atoms with van der Waals surface area (Å²) in [4.78, 5) is 14.9. The number of carbonyl (C=O) groups is 1. The maximum absolute atomic E-state index is 10.9. The molecule has 0 aliphatic heterocycles. The summed E-state index contributed by atoms with van der Waals surface area (Å²) < 4.78 is 4.80. The van der Waals surface area contributed by atoms with E-state index in [1.165, 1.54) is 11.8 Å². The number of aromatic nitrogens is 2. The molecule has 1 atom stereocenters. The molecule has 0 spiro atoms. The third-order valence-electron chi connectivity index (χ3n) is 1.81. The van der Waals surface area contributed by atoms with Crippen molar-refractivity contribution in [3.05, 3.63) is 11.7 Å². The summed E-state index contributed by atoms with van der Waals surface area (Å²) in [6.45, 7) is 5.47. The Morgan fingerprint density at radius 2 is 2.27 bits per heavy atom. The van der Waals surface area contributed by atoms with E-state index in [-0.39, 0.29) is 5.92 Å². The Balaban J connectivity index is 2.50. The monoisotopic (exact) mass is 230 g/mol. The largest absolute Gasteiger partial charge is 0.480 e. The molecule has 15 heavy (non-hydrogen) atoms. The lowest BCUT2D eigenvalue weighted by atomic mass is 10.1. The van der Waals surface area contributed by atoms with E-state index < -0.39 is 11.2 Å². The molecule has 5 nitrogen and oxygen atoms in total. The first kappa shape index (κ1) is 12.0. The van der Waals surface area contributed by atoms with Gasteiger partial charge in [-0.2, -0.15) is 4.98 Å². The summed E-state index contributed by atoms with van der Waals surface area (Å²) in [5, 5.41) is 12.2. The van der Waals surface area contributed by atoms with E-state index in [1.54, 1.807) is 6.92 Å². The fourth-order valence-corrected chi connectivity index (χ4v) is 2.09. The Kier molecular flexibility index (Phi) is 4.14. The van der Waals surface area contributed by atoms with Gasteiger partial charge in [-0.15, -0.1) is 11.8 Å². The quantitative estimate of drug-likeness (QED) is 0.830. The van der Waals surface area contributed by atoms with Crippen molar-refractivity contribution in [2.75, 3.05) is 0 Å². The second kappa shape index (κ2) is 5.16. The summed E-state index contributed by atoms with van der Waals surface area (Å²) in [7, 11) is 0. The molecule has 1 heterocycles. The molecule has 0 amide bonds. The van der Waals surface area contributed by atoms with Crippen LogP contribution < -0.4 is 0 Å². The molecule has 1 aromatic rings. The van der Waals surface area contributed by atoms with Gasteiger partial charge in [-0.25, -0.2) is 0 Å². The fraction of sp³-hybridized carbons (Fsp3) is 0.667. The fourth-order valence-electron chi connectivity index (χ4n) is 1.11. The first-order chi connectivity index (χ1) is 7.00. The van der Waals surface area contributed by atoms with Crippen molar-refractivity contribution in [3.8, 4) is 0 Å². The van der Waals surface area contributed by atoms with E-state index in [0.717, 1.165) is 0 Å². The van der Waals surface area contributed by atoms with Crippen LogP contribution in [0.15, 0.2) is 4.52 Å². The standard InChI is InChI=1S/C9H14N2O3S/c1-5(2)8(9(12)13)15-4-7-10-6(3)14-11-7/h5,8H,4H2,1-3H3,(H,12,13). The van der Waals surface area contributed by atoms with Crippen LogP contribution in [0.2, 0.25) is 0 Å². The Morgan fingerprint density at radius 3 is 2.67 bits per heavy atom. The zero-order chi connectivity index (χ0) is 11.4. The molecule has 0 saturated heterocycles. The number of aliphatic carboxylic acids is 1. The van der Waals surface area contributed by atoms with Gasteiger partial charge in [0.25, 0.3) is 0 Å². The number of carboxylic acids is 1. The van der Waals surface area contributed by atoms with Gasteiger partial charge in [0, 0.05) is 6.92 Å². The lowest BCUT2D eigenvalue weighted by Gasteiger charge is -2.13. The number of carboxylic acid groups (broad SMARTS) is 1. The molecule has 0 bridgehead atoms. The van der Waals surface area contributed by atoms with E-state index in [2.05, 4.69) is 10.1 Å². The van der Waals surface area contributed by atoms with Crippen molar-refractivity contribution in [2.24, 2.45) is 5.92 Å². The lowest BCUT2D eigenvalue weighted by molar-refractivity contribution is -0.137. The first-order valence-electron chi connectivity index (χ1n) is 4.64. The molecule has 1 aromatic heterocycles. The minimum Gasteiger partial charge on any atom is -0.480 e. The number of rotatable bonds is 5. The predicted octanol–water partition coefficient (Wildman–Crippen LogP) is 1.72. The maximum Gasteiger partial charge on any atom is 0.316 e. The van der Waals surface area contributed by atoms with Crippen molar-refractivity contribution < 1.29 is 14.4 Å². The van der Waals surface area contributed by atoms with Crippen LogP contribution in [0.3, 0.4) is 0 Å². The van der Waals surface area contributed by atoms with Crippen LogP contribution in [-0.2, 0) is 10.5 Å². The number of thioether (sulfide) groups is 1. The molecule has 0 saturated carbocycles. The van der Waals surface area contributed by atoms with Gasteiger partial charge in [0.2, 0.25) is 5.89 Å². The molecular formula is C9H14N2O3S. The normalized spacial score (nSPS) is 13.1. The molecule has 1 rings (SSSR count). The summed E-state index contributed by atoms with van der Waals surface area (Å²) in [6, 6.07) is 0. The van der Waals surface area contributed by atoms with Crippen LogP contribution in [0.1, 0.15) is 25.6 Å². The third-order valence-corrected chi connectivity index (χ3v) is 3.34.